The predicted octanol–water partition coefficient (Wildman–Crippen LogP) is 4.89. The number of methoxy groups -OCH3 is 1. The minimum atomic E-state index is 0.336. The number of benzene rings is 2. The smallest absolute Gasteiger partial charge is 0.164 e. The number of nitriles is 1. The number of aryl methyl sites for hydroxylation is 1. The van der Waals surface area contributed by atoms with E-state index < -0.39 is 0 Å². The lowest BCUT2D eigenvalue weighted by Gasteiger charge is -2.09. The zero-order valence-corrected chi connectivity index (χ0v) is 18.7. The Bertz CT molecular complexity index is 1310. The van der Waals surface area contributed by atoms with Crippen molar-refractivity contribution in [2.45, 2.75) is 20.1 Å². The van der Waals surface area contributed by atoms with Crippen LogP contribution >= 0.6 is 0 Å². The van der Waals surface area contributed by atoms with Crippen molar-refractivity contribution < 1.29 is 9.47 Å². The van der Waals surface area contributed by atoms with Gasteiger partial charge in [0.15, 0.2) is 5.82 Å². The average molecular weight is 440 g/mol. The van der Waals surface area contributed by atoms with Crippen molar-refractivity contribution in [1.29, 1.82) is 5.26 Å². The maximum absolute atomic E-state index is 9.59. The minimum Gasteiger partial charge on any atom is -0.492 e. The summed E-state index contributed by atoms with van der Waals surface area (Å²) in [6.07, 6.45) is 3.80. The van der Waals surface area contributed by atoms with Gasteiger partial charge in [0.05, 0.1) is 19.4 Å². The zero-order chi connectivity index (χ0) is 23.0. The molecule has 4 rings (SSSR count). The number of ether oxygens (including phenoxy) is 2. The van der Waals surface area contributed by atoms with Crippen LogP contribution in [-0.2, 0) is 17.9 Å². The van der Waals surface area contributed by atoms with Crippen molar-refractivity contribution >= 4 is 22.9 Å². The standard InChI is InChI=1S/C26H25N5O2/c1-19-14-20(18-32-2)24(15-27)26(29-19)30-28-16-21-17-31(25-11-7-6-10-23(21)25)12-13-33-22-8-4-3-5-9-22/h3-11,14,16-17H,12-13,18H2,1-2H3,(H,29,30)/b28-16+. The van der Waals surface area contributed by atoms with Gasteiger partial charge in [-0.2, -0.15) is 10.4 Å². The number of nitrogens with zero attached hydrogens (tertiary/aromatic N) is 4. The number of para-hydroxylation sites is 2. The molecule has 0 unspecified atom stereocenters. The molecule has 7 heteroatoms. The molecule has 2 aromatic carbocycles. The van der Waals surface area contributed by atoms with Gasteiger partial charge in [-0.25, -0.2) is 4.98 Å². The first kappa shape index (κ1) is 22.1. The summed E-state index contributed by atoms with van der Waals surface area (Å²) in [5.41, 5.74) is 6.99. The van der Waals surface area contributed by atoms with Crippen LogP contribution < -0.4 is 10.2 Å². The summed E-state index contributed by atoms with van der Waals surface area (Å²) in [5.74, 6) is 1.27. The Morgan fingerprint density at radius 1 is 1.15 bits per heavy atom. The van der Waals surface area contributed by atoms with E-state index in [0.717, 1.165) is 33.5 Å². The molecule has 0 aliphatic carbocycles. The van der Waals surface area contributed by atoms with Crippen molar-refractivity contribution in [3.63, 3.8) is 0 Å². The lowest BCUT2D eigenvalue weighted by atomic mass is 10.1. The number of hydrazone groups is 1. The van der Waals surface area contributed by atoms with Crippen LogP contribution in [0.15, 0.2) is 72.0 Å². The molecule has 0 bridgehead atoms. The van der Waals surface area contributed by atoms with E-state index in [1.54, 1.807) is 13.3 Å². The maximum atomic E-state index is 9.59. The fourth-order valence-corrected chi connectivity index (χ4v) is 3.72. The van der Waals surface area contributed by atoms with Crippen LogP contribution in [-0.4, -0.2) is 29.5 Å². The second-order valence-electron chi connectivity index (χ2n) is 7.52. The molecule has 2 aromatic heterocycles. The molecule has 33 heavy (non-hydrogen) atoms. The topological polar surface area (TPSA) is 84.5 Å². The second-order valence-corrected chi connectivity index (χ2v) is 7.52. The summed E-state index contributed by atoms with van der Waals surface area (Å²) < 4.78 is 13.2. The summed E-state index contributed by atoms with van der Waals surface area (Å²) in [6, 6.07) is 22.0. The molecule has 0 aliphatic rings. The summed E-state index contributed by atoms with van der Waals surface area (Å²) in [7, 11) is 1.60. The Morgan fingerprint density at radius 2 is 1.94 bits per heavy atom. The number of hydrogen-bond acceptors (Lipinski definition) is 6. The summed E-state index contributed by atoms with van der Waals surface area (Å²) in [6.45, 7) is 3.47. The third-order valence-corrected chi connectivity index (χ3v) is 5.18. The summed E-state index contributed by atoms with van der Waals surface area (Å²) in [5, 5.41) is 15.1. The van der Waals surface area contributed by atoms with E-state index in [9.17, 15) is 5.26 Å². The Balaban J connectivity index is 1.53. The predicted molar refractivity (Wildman–Crippen MR) is 129 cm³/mol. The number of anilines is 1. The van der Waals surface area contributed by atoms with E-state index >= 15 is 0 Å². The molecule has 2 heterocycles. The normalized spacial score (nSPS) is 11.1. The van der Waals surface area contributed by atoms with Gasteiger partial charge in [0, 0.05) is 41.0 Å². The molecule has 1 N–H and O–H groups in total. The van der Waals surface area contributed by atoms with E-state index in [4.69, 9.17) is 9.47 Å². The maximum Gasteiger partial charge on any atom is 0.164 e. The first-order valence-electron chi connectivity index (χ1n) is 10.6. The molecule has 7 nitrogen and oxygen atoms in total. The van der Waals surface area contributed by atoms with Gasteiger partial charge in [-0.15, -0.1) is 0 Å². The number of pyridine rings is 1. The number of nitrogens with one attached hydrogen (secondary N) is 1. The van der Waals surface area contributed by atoms with Crippen LogP contribution in [0.1, 0.15) is 22.4 Å². The molecule has 0 fully saturated rings. The van der Waals surface area contributed by atoms with E-state index in [1.165, 1.54) is 0 Å². The molecule has 0 spiro atoms. The lowest BCUT2D eigenvalue weighted by molar-refractivity contribution is 0.184. The Kier molecular flexibility index (Phi) is 6.98. The van der Waals surface area contributed by atoms with Gasteiger partial charge in [-0.1, -0.05) is 36.4 Å². The third kappa shape index (κ3) is 5.20. The second kappa shape index (κ2) is 10.4. The molecule has 0 saturated heterocycles. The third-order valence-electron chi connectivity index (χ3n) is 5.18. The van der Waals surface area contributed by atoms with Crippen molar-refractivity contribution in [3.8, 4) is 11.8 Å². The quantitative estimate of drug-likeness (QED) is 0.297. The number of fused-ring (bicyclic) bond motifs is 1. The molecule has 0 saturated carbocycles. The van der Waals surface area contributed by atoms with Crippen LogP contribution in [0.2, 0.25) is 0 Å². The number of aromatic nitrogens is 2. The highest BCUT2D eigenvalue weighted by Gasteiger charge is 2.11. The van der Waals surface area contributed by atoms with Crippen LogP contribution in [0.3, 0.4) is 0 Å². The largest absolute Gasteiger partial charge is 0.492 e. The highest BCUT2D eigenvalue weighted by Crippen LogP contribution is 2.22. The van der Waals surface area contributed by atoms with E-state index in [0.29, 0.717) is 31.1 Å². The van der Waals surface area contributed by atoms with Gasteiger partial charge in [0.1, 0.15) is 24.0 Å². The van der Waals surface area contributed by atoms with Gasteiger partial charge in [0.25, 0.3) is 0 Å². The Labute approximate surface area is 192 Å². The van der Waals surface area contributed by atoms with Gasteiger partial charge in [0.2, 0.25) is 0 Å². The highest BCUT2D eigenvalue weighted by atomic mass is 16.5. The van der Waals surface area contributed by atoms with Crippen LogP contribution in [0.5, 0.6) is 5.75 Å². The van der Waals surface area contributed by atoms with Gasteiger partial charge in [-0.05, 0) is 31.2 Å². The molecule has 0 atom stereocenters. The van der Waals surface area contributed by atoms with Crippen molar-refractivity contribution in [1.82, 2.24) is 9.55 Å². The molecular formula is C26H25N5O2. The van der Waals surface area contributed by atoms with E-state index in [-0.39, 0.29) is 0 Å². The highest BCUT2D eigenvalue weighted by molar-refractivity contribution is 5.99. The van der Waals surface area contributed by atoms with Crippen LogP contribution in [0.25, 0.3) is 10.9 Å². The first-order chi connectivity index (χ1) is 16.2. The fourth-order valence-electron chi connectivity index (χ4n) is 3.72. The monoisotopic (exact) mass is 439 g/mol. The molecule has 0 amide bonds. The zero-order valence-electron chi connectivity index (χ0n) is 18.7. The van der Waals surface area contributed by atoms with Gasteiger partial charge >= 0.3 is 0 Å². The van der Waals surface area contributed by atoms with Crippen LogP contribution in [0.4, 0.5) is 5.82 Å². The first-order valence-corrected chi connectivity index (χ1v) is 10.6. The van der Waals surface area contributed by atoms with E-state index in [2.05, 4.69) is 44.5 Å². The van der Waals surface area contributed by atoms with Crippen molar-refractivity contribution in [2.24, 2.45) is 5.10 Å². The molecular weight excluding hydrogens is 414 g/mol. The average Bonchev–Trinajstić information content (AvgIpc) is 3.18. The number of rotatable bonds is 9. The molecule has 0 radical (unpaired) electrons. The SMILES string of the molecule is COCc1cc(C)nc(N/N=C/c2cn(CCOc3ccccc3)c3ccccc23)c1C#N. The van der Waals surface area contributed by atoms with Crippen molar-refractivity contribution in [3.05, 3.63) is 89.2 Å². The Hall–Kier alpha value is -4.15. The molecule has 166 valence electrons. The summed E-state index contributed by atoms with van der Waals surface area (Å²) >= 11 is 0. The molecule has 0 aliphatic heterocycles. The van der Waals surface area contributed by atoms with Crippen molar-refractivity contribution in [2.75, 3.05) is 19.1 Å². The summed E-state index contributed by atoms with van der Waals surface area (Å²) in [4.78, 5) is 4.43. The Morgan fingerprint density at radius 3 is 2.73 bits per heavy atom. The van der Waals surface area contributed by atoms with E-state index in [1.807, 2.05) is 55.5 Å². The van der Waals surface area contributed by atoms with Gasteiger partial charge < -0.3 is 14.0 Å². The van der Waals surface area contributed by atoms with Gasteiger partial charge in [-0.3, -0.25) is 5.43 Å². The molecule has 4 aromatic rings. The minimum absolute atomic E-state index is 0.336. The fraction of sp³-hybridized carbons (Fsp3) is 0.192. The lowest BCUT2D eigenvalue weighted by Crippen LogP contribution is -2.07. The number of hydrogen-bond donors (Lipinski definition) is 1. The van der Waals surface area contributed by atoms with Crippen LogP contribution in [0, 0.1) is 18.3 Å².